The van der Waals surface area contributed by atoms with Gasteiger partial charge in [0.1, 0.15) is 0 Å². The van der Waals surface area contributed by atoms with Crippen molar-refractivity contribution in [3.05, 3.63) is 5.28 Å². The zero-order valence-corrected chi connectivity index (χ0v) is 11.3. The van der Waals surface area contributed by atoms with Crippen molar-refractivity contribution in [1.82, 2.24) is 15.0 Å². The average Bonchev–Trinajstić information content (AvgIpc) is 2.26. The fourth-order valence-corrected chi connectivity index (χ4v) is 1.19. The number of rotatable bonds is 6. The molecule has 0 aliphatic rings. The molecule has 7 heteroatoms. The van der Waals surface area contributed by atoms with E-state index in [4.69, 9.17) is 16.3 Å². The van der Waals surface area contributed by atoms with Crippen LogP contribution < -0.4 is 10.6 Å². The van der Waals surface area contributed by atoms with Crippen LogP contribution in [0.2, 0.25) is 5.28 Å². The number of anilines is 2. The Balaban J connectivity index is 2.70. The first-order valence-corrected chi connectivity index (χ1v) is 5.79. The van der Waals surface area contributed by atoms with Crippen molar-refractivity contribution < 1.29 is 4.74 Å². The van der Waals surface area contributed by atoms with Crippen LogP contribution in [0.25, 0.3) is 0 Å². The van der Waals surface area contributed by atoms with Crippen LogP contribution in [-0.4, -0.2) is 40.8 Å². The Morgan fingerprint density at radius 3 is 2.29 bits per heavy atom. The first kappa shape index (κ1) is 13.9. The molecule has 1 aromatic rings. The van der Waals surface area contributed by atoms with Gasteiger partial charge in [-0.25, -0.2) is 0 Å². The van der Waals surface area contributed by atoms with Crippen LogP contribution in [0.4, 0.5) is 11.9 Å². The summed E-state index contributed by atoms with van der Waals surface area (Å²) in [5.74, 6) is 0.899. The molecule has 0 unspecified atom stereocenters. The summed E-state index contributed by atoms with van der Waals surface area (Å²) in [4.78, 5) is 12.1. The minimum atomic E-state index is -0.294. The van der Waals surface area contributed by atoms with Crippen molar-refractivity contribution in [3.63, 3.8) is 0 Å². The number of hydrogen-bond acceptors (Lipinski definition) is 6. The highest BCUT2D eigenvalue weighted by atomic mass is 35.5. The molecule has 0 radical (unpaired) electrons. The lowest BCUT2D eigenvalue weighted by atomic mass is 10.1. The Hall–Kier alpha value is -1.14. The highest BCUT2D eigenvalue weighted by molar-refractivity contribution is 6.28. The van der Waals surface area contributed by atoms with Crippen LogP contribution in [0.3, 0.4) is 0 Å². The molecule has 96 valence electrons. The maximum atomic E-state index is 5.80. The lowest BCUT2D eigenvalue weighted by molar-refractivity contribution is 0.0342. The normalized spacial score (nSPS) is 11.4. The van der Waals surface area contributed by atoms with E-state index >= 15 is 0 Å². The average molecular weight is 260 g/mol. The third-order valence-corrected chi connectivity index (χ3v) is 2.34. The summed E-state index contributed by atoms with van der Waals surface area (Å²) < 4.78 is 5.29. The van der Waals surface area contributed by atoms with Gasteiger partial charge in [0.15, 0.2) is 0 Å². The molecule has 0 amide bonds. The van der Waals surface area contributed by atoms with Gasteiger partial charge in [0.25, 0.3) is 0 Å². The third-order valence-electron chi connectivity index (χ3n) is 2.17. The molecule has 1 rings (SSSR count). The number of hydrogen-bond donors (Lipinski definition) is 2. The van der Waals surface area contributed by atoms with Gasteiger partial charge in [-0.1, -0.05) is 0 Å². The number of nitrogens with zero attached hydrogens (tertiary/aromatic N) is 3. The summed E-state index contributed by atoms with van der Waals surface area (Å²) >= 11 is 5.80. The standard InChI is InChI=1S/C10H18ClN5O/c1-5-12-8-14-7(11)15-9(16-8)13-6-10(2,3)17-4/h5-6H2,1-4H3,(H2,12,13,14,15,16). The Labute approximate surface area is 106 Å². The molecule has 2 N–H and O–H groups in total. The van der Waals surface area contributed by atoms with Gasteiger partial charge >= 0.3 is 0 Å². The largest absolute Gasteiger partial charge is 0.377 e. The van der Waals surface area contributed by atoms with Crippen molar-refractivity contribution in [2.75, 3.05) is 30.8 Å². The molecular weight excluding hydrogens is 242 g/mol. The number of aromatic nitrogens is 3. The zero-order valence-electron chi connectivity index (χ0n) is 10.5. The lowest BCUT2D eigenvalue weighted by Gasteiger charge is -2.23. The van der Waals surface area contributed by atoms with Crippen LogP contribution in [-0.2, 0) is 4.74 Å². The Morgan fingerprint density at radius 1 is 1.18 bits per heavy atom. The van der Waals surface area contributed by atoms with Crippen LogP contribution >= 0.6 is 11.6 Å². The number of nitrogens with one attached hydrogen (secondary N) is 2. The summed E-state index contributed by atoms with van der Waals surface area (Å²) in [6, 6.07) is 0. The van der Waals surface area contributed by atoms with Gasteiger partial charge in [0.2, 0.25) is 17.2 Å². The van der Waals surface area contributed by atoms with Crippen molar-refractivity contribution in [1.29, 1.82) is 0 Å². The molecule has 6 nitrogen and oxygen atoms in total. The molecule has 0 atom stereocenters. The summed E-state index contributed by atoms with van der Waals surface area (Å²) in [5, 5.41) is 6.21. The van der Waals surface area contributed by atoms with Crippen LogP contribution in [0.15, 0.2) is 0 Å². The van der Waals surface area contributed by atoms with E-state index in [1.807, 2.05) is 20.8 Å². The van der Waals surface area contributed by atoms with Gasteiger partial charge in [-0.05, 0) is 32.4 Å². The van der Waals surface area contributed by atoms with Gasteiger partial charge in [-0.2, -0.15) is 15.0 Å². The van der Waals surface area contributed by atoms with Gasteiger partial charge in [-0.15, -0.1) is 0 Å². The Morgan fingerprint density at radius 2 is 1.76 bits per heavy atom. The maximum absolute atomic E-state index is 5.80. The summed E-state index contributed by atoms with van der Waals surface area (Å²) in [6.45, 7) is 7.19. The monoisotopic (exact) mass is 259 g/mol. The van der Waals surface area contributed by atoms with Gasteiger partial charge in [0, 0.05) is 20.2 Å². The fourth-order valence-electron chi connectivity index (χ4n) is 1.03. The zero-order chi connectivity index (χ0) is 12.9. The molecule has 0 aromatic carbocycles. The molecule has 0 aliphatic heterocycles. The SMILES string of the molecule is CCNc1nc(Cl)nc(NCC(C)(C)OC)n1. The molecule has 0 saturated heterocycles. The first-order chi connectivity index (χ1) is 7.96. The molecule has 1 aromatic heterocycles. The molecule has 17 heavy (non-hydrogen) atoms. The van der Waals surface area contributed by atoms with Crippen LogP contribution in [0, 0.1) is 0 Å². The summed E-state index contributed by atoms with van der Waals surface area (Å²) in [6.07, 6.45) is 0. The smallest absolute Gasteiger partial charge is 0.228 e. The third kappa shape index (κ3) is 4.70. The molecule has 0 spiro atoms. The van der Waals surface area contributed by atoms with Gasteiger partial charge in [0.05, 0.1) is 5.60 Å². The second-order valence-corrected chi connectivity index (χ2v) is 4.44. The summed E-state index contributed by atoms with van der Waals surface area (Å²) in [5.41, 5.74) is -0.294. The van der Waals surface area contributed by atoms with E-state index in [2.05, 4.69) is 25.6 Å². The quantitative estimate of drug-likeness (QED) is 0.812. The first-order valence-electron chi connectivity index (χ1n) is 5.41. The van der Waals surface area contributed by atoms with Crippen molar-refractivity contribution in [2.24, 2.45) is 0 Å². The molecule has 0 saturated carbocycles. The predicted molar refractivity (Wildman–Crippen MR) is 68.6 cm³/mol. The Bertz CT molecular complexity index is 372. The van der Waals surface area contributed by atoms with E-state index in [-0.39, 0.29) is 10.9 Å². The fraction of sp³-hybridized carbons (Fsp3) is 0.700. The van der Waals surface area contributed by atoms with Crippen LogP contribution in [0.1, 0.15) is 20.8 Å². The molecule has 1 heterocycles. The topological polar surface area (TPSA) is 72.0 Å². The number of methoxy groups -OCH3 is 1. The summed E-state index contributed by atoms with van der Waals surface area (Å²) in [7, 11) is 1.66. The number of ether oxygens (including phenoxy) is 1. The van der Waals surface area contributed by atoms with E-state index in [9.17, 15) is 0 Å². The molecule has 0 bridgehead atoms. The molecule has 0 aliphatic carbocycles. The highest BCUT2D eigenvalue weighted by Crippen LogP contribution is 2.12. The lowest BCUT2D eigenvalue weighted by Crippen LogP contribution is -2.32. The molecule has 0 fully saturated rings. The van der Waals surface area contributed by atoms with E-state index in [0.717, 1.165) is 6.54 Å². The van der Waals surface area contributed by atoms with E-state index in [1.54, 1.807) is 7.11 Å². The van der Waals surface area contributed by atoms with Crippen molar-refractivity contribution in [2.45, 2.75) is 26.4 Å². The Kier molecular flexibility index (Phi) is 4.89. The predicted octanol–water partition coefficient (Wildman–Crippen LogP) is 1.79. The number of halogens is 1. The second kappa shape index (κ2) is 5.97. The molecular formula is C10H18ClN5O. The van der Waals surface area contributed by atoms with E-state index in [1.165, 1.54) is 0 Å². The minimum Gasteiger partial charge on any atom is -0.377 e. The van der Waals surface area contributed by atoms with Gasteiger partial charge < -0.3 is 15.4 Å². The maximum Gasteiger partial charge on any atom is 0.228 e. The van der Waals surface area contributed by atoms with E-state index in [0.29, 0.717) is 18.4 Å². The minimum absolute atomic E-state index is 0.161. The second-order valence-electron chi connectivity index (χ2n) is 4.10. The highest BCUT2D eigenvalue weighted by Gasteiger charge is 2.16. The van der Waals surface area contributed by atoms with Crippen molar-refractivity contribution >= 4 is 23.5 Å². The van der Waals surface area contributed by atoms with Gasteiger partial charge in [-0.3, -0.25) is 0 Å². The van der Waals surface area contributed by atoms with Crippen molar-refractivity contribution in [3.8, 4) is 0 Å². The van der Waals surface area contributed by atoms with E-state index < -0.39 is 0 Å². The van der Waals surface area contributed by atoms with Crippen LogP contribution in [0.5, 0.6) is 0 Å².